The first-order valence-corrected chi connectivity index (χ1v) is 7.32. The van der Waals surface area contributed by atoms with Crippen LogP contribution in [0, 0.1) is 0 Å². The average Bonchev–Trinajstić information content (AvgIpc) is 3.24. The molecule has 0 aliphatic carbocycles. The number of para-hydroxylation sites is 1. The van der Waals surface area contributed by atoms with Crippen LogP contribution in [0.4, 0.5) is 0 Å². The highest BCUT2D eigenvalue weighted by Gasteiger charge is 2.11. The first-order valence-electron chi connectivity index (χ1n) is 7.32. The Morgan fingerprint density at radius 2 is 2.17 bits per heavy atom. The molecule has 2 aromatic heterocycles. The third-order valence-corrected chi connectivity index (χ3v) is 3.54. The molecular formula is C17H17N5O2. The van der Waals surface area contributed by atoms with Crippen molar-refractivity contribution in [1.82, 2.24) is 20.2 Å². The summed E-state index contributed by atoms with van der Waals surface area (Å²) in [5.74, 6) is 0.317. The maximum absolute atomic E-state index is 12.1. The number of carbonyl (C=O) groups is 1. The quantitative estimate of drug-likeness (QED) is 0.557. The number of benzene rings is 1. The van der Waals surface area contributed by atoms with Gasteiger partial charge in [-0.25, -0.2) is 5.43 Å². The second-order valence-electron chi connectivity index (χ2n) is 5.11. The molecule has 2 N–H and O–H groups in total. The van der Waals surface area contributed by atoms with Crippen LogP contribution in [0.25, 0.3) is 11.4 Å². The Morgan fingerprint density at radius 1 is 1.33 bits per heavy atom. The Morgan fingerprint density at radius 3 is 2.92 bits per heavy atom. The molecule has 0 saturated carbocycles. The number of amides is 1. The molecule has 0 aliphatic rings. The maximum Gasteiger partial charge on any atom is 0.289 e. The molecule has 1 aromatic carbocycles. The molecule has 0 saturated heterocycles. The minimum atomic E-state index is -0.367. The number of aromatic amines is 1. The molecule has 0 atom stereocenters. The fourth-order valence-electron chi connectivity index (χ4n) is 2.29. The second-order valence-corrected chi connectivity index (χ2v) is 5.11. The number of hydrazone groups is 1. The van der Waals surface area contributed by atoms with Crippen molar-refractivity contribution in [2.45, 2.75) is 0 Å². The predicted octanol–water partition coefficient (Wildman–Crippen LogP) is 2.19. The largest absolute Gasteiger partial charge is 0.496 e. The molecular weight excluding hydrogens is 306 g/mol. The van der Waals surface area contributed by atoms with Gasteiger partial charge in [-0.05, 0) is 30.3 Å². The van der Waals surface area contributed by atoms with E-state index in [0.717, 1.165) is 11.3 Å². The van der Waals surface area contributed by atoms with Crippen LogP contribution in [0.5, 0.6) is 5.75 Å². The fraction of sp³-hybridized carbons (Fsp3) is 0.118. The lowest BCUT2D eigenvalue weighted by Crippen LogP contribution is -2.18. The van der Waals surface area contributed by atoms with E-state index in [1.807, 2.05) is 54.2 Å². The van der Waals surface area contributed by atoms with Gasteiger partial charge in [-0.3, -0.25) is 9.89 Å². The highest BCUT2D eigenvalue weighted by molar-refractivity contribution is 5.94. The summed E-state index contributed by atoms with van der Waals surface area (Å²) in [6.45, 7) is 0. The summed E-state index contributed by atoms with van der Waals surface area (Å²) in [7, 11) is 3.50. The van der Waals surface area contributed by atoms with Crippen molar-refractivity contribution < 1.29 is 9.53 Å². The fourth-order valence-corrected chi connectivity index (χ4v) is 2.29. The molecule has 0 bridgehead atoms. The summed E-state index contributed by atoms with van der Waals surface area (Å²) in [5.41, 5.74) is 5.19. The standard InChI is InChI=1S/C17H17N5O2/c1-22-9-5-7-15(22)13-10-14(20-19-13)17(23)21-18-11-12-6-3-4-8-16(12)24-2/h3-11H,1-2H3,(H,19,20)(H,21,23)/b18-11+. The predicted molar refractivity (Wildman–Crippen MR) is 91.0 cm³/mol. The number of hydrogen-bond donors (Lipinski definition) is 2. The van der Waals surface area contributed by atoms with E-state index in [2.05, 4.69) is 20.7 Å². The van der Waals surface area contributed by atoms with Gasteiger partial charge in [0, 0.05) is 18.8 Å². The molecule has 3 rings (SSSR count). The summed E-state index contributed by atoms with van der Waals surface area (Å²) in [5, 5.41) is 10.8. The lowest BCUT2D eigenvalue weighted by Gasteiger charge is -2.02. The summed E-state index contributed by atoms with van der Waals surface area (Å²) in [4.78, 5) is 12.1. The number of rotatable bonds is 5. The zero-order valence-corrected chi connectivity index (χ0v) is 13.4. The molecule has 122 valence electrons. The SMILES string of the molecule is COc1ccccc1/C=N/NC(=O)c1cc(-c2cccn2C)n[nH]1. The van der Waals surface area contributed by atoms with E-state index in [1.54, 1.807) is 13.2 Å². The van der Waals surface area contributed by atoms with Crippen LogP contribution < -0.4 is 10.2 Å². The Bertz CT molecular complexity index is 879. The van der Waals surface area contributed by atoms with Gasteiger partial charge in [0.25, 0.3) is 5.91 Å². The second kappa shape index (κ2) is 6.82. The summed E-state index contributed by atoms with van der Waals surface area (Å²) >= 11 is 0. The molecule has 0 radical (unpaired) electrons. The van der Waals surface area contributed by atoms with Crippen LogP contribution in [0.15, 0.2) is 53.8 Å². The highest BCUT2D eigenvalue weighted by Crippen LogP contribution is 2.17. The van der Waals surface area contributed by atoms with Crippen LogP contribution in [0.2, 0.25) is 0 Å². The lowest BCUT2D eigenvalue weighted by atomic mass is 10.2. The summed E-state index contributed by atoms with van der Waals surface area (Å²) in [6.07, 6.45) is 3.45. The first kappa shape index (κ1) is 15.5. The molecule has 3 aromatic rings. The zero-order valence-electron chi connectivity index (χ0n) is 13.4. The number of nitrogens with one attached hydrogen (secondary N) is 2. The van der Waals surface area contributed by atoms with E-state index >= 15 is 0 Å². The Kier molecular flexibility index (Phi) is 4.42. The van der Waals surface area contributed by atoms with E-state index in [-0.39, 0.29) is 5.91 Å². The molecule has 7 nitrogen and oxygen atoms in total. The molecule has 0 unspecified atom stereocenters. The Labute approximate surface area is 139 Å². The number of aryl methyl sites for hydroxylation is 1. The molecule has 24 heavy (non-hydrogen) atoms. The lowest BCUT2D eigenvalue weighted by molar-refractivity contribution is 0.0950. The molecule has 0 fully saturated rings. The zero-order chi connectivity index (χ0) is 16.9. The van der Waals surface area contributed by atoms with E-state index < -0.39 is 0 Å². The van der Waals surface area contributed by atoms with Gasteiger partial charge in [0.2, 0.25) is 0 Å². The minimum Gasteiger partial charge on any atom is -0.496 e. The number of ether oxygens (including phenoxy) is 1. The Balaban J connectivity index is 1.69. The van der Waals surface area contributed by atoms with Gasteiger partial charge in [-0.1, -0.05) is 12.1 Å². The van der Waals surface area contributed by atoms with E-state index in [9.17, 15) is 4.79 Å². The van der Waals surface area contributed by atoms with Crippen molar-refractivity contribution in [3.8, 4) is 17.1 Å². The van der Waals surface area contributed by atoms with Crippen molar-refractivity contribution in [2.24, 2.45) is 12.1 Å². The molecule has 7 heteroatoms. The van der Waals surface area contributed by atoms with E-state index in [0.29, 0.717) is 17.1 Å². The van der Waals surface area contributed by atoms with Gasteiger partial charge in [0.1, 0.15) is 17.1 Å². The maximum atomic E-state index is 12.1. The number of nitrogens with zero attached hydrogens (tertiary/aromatic N) is 3. The van der Waals surface area contributed by atoms with Crippen LogP contribution in [0.3, 0.4) is 0 Å². The first-order chi connectivity index (χ1) is 11.7. The number of carbonyl (C=O) groups excluding carboxylic acids is 1. The highest BCUT2D eigenvalue weighted by atomic mass is 16.5. The van der Waals surface area contributed by atoms with Crippen LogP contribution >= 0.6 is 0 Å². The number of methoxy groups -OCH3 is 1. The van der Waals surface area contributed by atoms with E-state index in [4.69, 9.17) is 4.74 Å². The molecule has 2 heterocycles. The van der Waals surface area contributed by atoms with Gasteiger partial charge in [-0.15, -0.1) is 0 Å². The number of aromatic nitrogens is 3. The topological polar surface area (TPSA) is 84.3 Å². The van der Waals surface area contributed by atoms with Gasteiger partial charge >= 0.3 is 0 Å². The number of H-pyrrole nitrogens is 1. The van der Waals surface area contributed by atoms with Crippen LogP contribution in [0.1, 0.15) is 16.1 Å². The smallest absolute Gasteiger partial charge is 0.289 e. The monoisotopic (exact) mass is 323 g/mol. The van der Waals surface area contributed by atoms with Gasteiger partial charge in [0.05, 0.1) is 19.0 Å². The van der Waals surface area contributed by atoms with Crippen LogP contribution in [-0.4, -0.2) is 34.0 Å². The van der Waals surface area contributed by atoms with Gasteiger partial charge in [-0.2, -0.15) is 10.2 Å². The number of hydrogen-bond acceptors (Lipinski definition) is 4. The Hall–Kier alpha value is -3.35. The van der Waals surface area contributed by atoms with Crippen molar-refractivity contribution in [3.63, 3.8) is 0 Å². The summed E-state index contributed by atoms with van der Waals surface area (Å²) in [6, 6.07) is 12.9. The third-order valence-electron chi connectivity index (χ3n) is 3.54. The van der Waals surface area contributed by atoms with Gasteiger partial charge in [0.15, 0.2) is 0 Å². The van der Waals surface area contributed by atoms with Crippen molar-refractivity contribution >= 4 is 12.1 Å². The van der Waals surface area contributed by atoms with Crippen molar-refractivity contribution in [1.29, 1.82) is 0 Å². The molecule has 0 aliphatic heterocycles. The van der Waals surface area contributed by atoms with Gasteiger partial charge < -0.3 is 9.30 Å². The normalized spacial score (nSPS) is 10.9. The molecule has 0 spiro atoms. The third kappa shape index (κ3) is 3.19. The van der Waals surface area contributed by atoms with E-state index in [1.165, 1.54) is 6.21 Å². The molecule has 1 amide bonds. The van der Waals surface area contributed by atoms with Crippen molar-refractivity contribution in [2.75, 3.05) is 7.11 Å². The van der Waals surface area contributed by atoms with Crippen LogP contribution in [-0.2, 0) is 7.05 Å². The minimum absolute atomic E-state index is 0.336. The summed E-state index contributed by atoms with van der Waals surface area (Å²) < 4.78 is 7.15. The van der Waals surface area contributed by atoms with Crippen molar-refractivity contribution in [3.05, 3.63) is 59.9 Å². The average molecular weight is 323 g/mol.